The zero-order chi connectivity index (χ0) is 24.4. The Morgan fingerprint density at radius 2 is 0.778 bits per heavy atom. The predicted molar refractivity (Wildman–Crippen MR) is 150 cm³/mol. The Bertz CT molecular complexity index is 1330. The van der Waals surface area contributed by atoms with Gasteiger partial charge in [-0.2, -0.15) is 4.98 Å². The molecular formula is C31H25N5. The van der Waals surface area contributed by atoms with E-state index in [0.29, 0.717) is 11.9 Å². The molecule has 5 aromatic rings. The Labute approximate surface area is 210 Å². The lowest BCUT2D eigenvalue weighted by molar-refractivity contribution is 1.06. The van der Waals surface area contributed by atoms with E-state index < -0.39 is 0 Å². The Balaban J connectivity index is 1.19. The van der Waals surface area contributed by atoms with Crippen LogP contribution in [0.3, 0.4) is 0 Å². The van der Waals surface area contributed by atoms with Gasteiger partial charge >= 0.3 is 0 Å². The second-order valence-corrected chi connectivity index (χ2v) is 8.11. The van der Waals surface area contributed by atoms with Crippen molar-refractivity contribution in [3.63, 3.8) is 0 Å². The van der Waals surface area contributed by atoms with Gasteiger partial charge in [0.2, 0.25) is 11.9 Å². The number of rotatable bonds is 8. The monoisotopic (exact) mass is 467 g/mol. The van der Waals surface area contributed by atoms with E-state index in [1.54, 1.807) is 0 Å². The molecule has 174 valence electrons. The van der Waals surface area contributed by atoms with Gasteiger partial charge in [0.1, 0.15) is 6.33 Å². The van der Waals surface area contributed by atoms with Crippen molar-refractivity contribution in [1.82, 2.24) is 15.0 Å². The molecule has 5 heteroatoms. The first kappa shape index (κ1) is 22.7. The minimum atomic E-state index is 0.475. The summed E-state index contributed by atoms with van der Waals surface area (Å²) in [5, 5.41) is 6.47. The number of benzene rings is 4. The van der Waals surface area contributed by atoms with Crippen LogP contribution in [0.5, 0.6) is 0 Å². The van der Waals surface area contributed by atoms with Crippen molar-refractivity contribution < 1.29 is 0 Å². The summed E-state index contributed by atoms with van der Waals surface area (Å²) < 4.78 is 0. The smallest absolute Gasteiger partial charge is 0.232 e. The van der Waals surface area contributed by atoms with Gasteiger partial charge in [-0.05, 0) is 46.5 Å². The highest BCUT2D eigenvalue weighted by molar-refractivity contribution is 5.72. The van der Waals surface area contributed by atoms with Crippen molar-refractivity contribution >= 4 is 47.6 Å². The molecule has 0 fully saturated rings. The largest absolute Gasteiger partial charge is 0.324 e. The van der Waals surface area contributed by atoms with E-state index >= 15 is 0 Å². The Hall–Kier alpha value is -5.03. The Morgan fingerprint density at radius 3 is 1.17 bits per heavy atom. The zero-order valence-corrected chi connectivity index (χ0v) is 19.6. The highest BCUT2D eigenvalue weighted by Crippen LogP contribution is 2.19. The standard InChI is InChI=1S/C31H25N5/c1-3-7-24(8-4-1)11-13-26-15-19-28(20-16-26)34-30-32-23-33-31(36-30)35-29-21-17-27(18-22-29)14-12-25-9-5-2-6-10-25/h1-23H,(H2,32,33,34,35,36). The molecular weight excluding hydrogens is 442 g/mol. The first-order valence-electron chi connectivity index (χ1n) is 11.7. The van der Waals surface area contributed by atoms with Crippen molar-refractivity contribution in [2.24, 2.45) is 0 Å². The van der Waals surface area contributed by atoms with Gasteiger partial charge in [-0.1, -0.05) is 109 Å². The fourth-order valence-electron chi connectivity index (χ4n) is 3.54. The summed E-state index contributed by atoms with van der Waals surface area (Å²) in [5.74, 6) is 0.949. The fourth-order valence-corrected chi connectivity index (χ4v) is 3.54. The fraction of sp³-hybridized carbons (Fsp3) is 0. The maximum Gasteiger partial charge on any atom is 0.232 e. The number of hydrogen-bond donors (Lipinski definition) is 2. The van der Waals surface area contributed by atoms with Gasteiger partial charge in [-0.15, -0.1) is 0 Å². The van der Waals surface area contributed by atoms with Crippen LogP contribution in [0.4, 0.5) is 23.3 Å². The number of aromatic nitrogens is 3. The van der Waals surface area contributed by atoms with E-state index in [0.717, 1.165) is 22.5 Å². The molecule has 0 saturated carbocycles. The minimum absolute atomic E-state index is 0.475. The molecule has 2 N–H and O–H groups in total. The number of nitrogens with one attached hydrogen (secondary N) is 2. The summed E-state index contributed by atoms with van der Waals surface area (Å²) in [7, 11) is 0. The molecule has 36 heavy (non-hydrogen) atoms. The second kappa shape index (κ2) is 11.4. The maximum atomic E-state index is 4.49. The topological polar surface area (TPSA) is 62.7 Å². The van der Waals surface area contributed by atoms with Crippen LogP contribution in [0.2, 0.25) is 0 Å². The Morgan fingerprint density at radius 1 is 0.417 bits per heavy atom. The van der Waals surface area contributed by atoms with Gasteiger partial charge in [-0.3, -0.25) is 0 Å². The average Bonchev–Trinajstić information content (AvgIpc) is 2.94. The number of nitrogens with zero attached hydrogens (tertiary/aromatic N) is 3. The third-order valence-electron chi connectivity index (χ3n) is 5.44. The van der Waals surface area contributed by atoms with Crippen molar-refractivity contribution in [3.8, 4) is 0 Å². The molecule has 0 aliphatic carbocycles. The molecule has 4 aromatic carbocycles. The molecule has 5 rings (SSSR count). The number of hydrogen-bond acceptors (Lipinski definition) is 5. The summed E-state index contributed by atoms with van der Waals surface area (Å²) >= 11 is 0. The zero-order valence-electron chi connectivity index (χ0n) is 19.6. The molecule has 0 spiro atoms. The average molecular weight is 468 g/mol. The second-order valence-electron chi connectivity index (χ2n) is 8.11. The lowest BCUT2D eigenvalue weighted by Gasteiger charge is -2.08. The molecule has 0 radical (unpaired) electrons. The van der Waals surface area contributed by atoms with Gasteiger partial charge < -0.3 is 10.6 Å². The quantitative estimate of drug-likeness (QED) is 0.229. The highest BCUT2D eigenvalue weighted by atomic mass is 15.2. The van der Waals surface area contributed by atoms with E-state index in [2.05, 4.69) is 98.4 Å². The molecule has 0 aliphatic rings. The van der Waals surface area contributed by atoms with Crippen LogP contribution < -0.4 is 10.6 Å². The molecule has 0 unspecified atom stereocenters. The Kier molecular flexibility index (Phi) is 7.20. The van der Waals surface area contributed by atoms with E-state index in [4.69, 9.17) is 0 Å². The van der Waals surface area contributed by atoms with Crippen LogP contribution >= 0.6 is 0 Å². The first-order chi connectivity index (χ1) is 17.8. The van der Waals surface area contributed by atoms with Crippen LogP contribution in [-0.2, 0) is 0 Å². The molecule has 0 amide bonds. The normalized spacial score (nSPS) is 11.1. The third kappa shape index (κ3) is 6.52. The van der Waals surface area contributed by atoms with Gasteiger partial charge in [0.25, 0.3) is 0 Å². The van der Waals surface area contributed by atoms with Crippen molar-refractivity contribution in [2.45, 2.75) is 0 Å². The summed E-state index contributed by atoms with van der Waals surface area (Å²) in [6.07, 6.45) is 9.86. The molecule has 0 atom stereocenters. The summed E-state index contributed by atoms with van der Waals surface area (Å²) in [6.45, 7) is 0. The van der Waals surface area contributed by atoms with Gasteiger partial charge in [0.15, 0.2) is 0 Å². The van der Waals surface area contributed by atoms with Crippen molar-refractivity contribution in [1.29, 1.82) is 0 Å². The molecule has 0 aliphatic heterocycles. The van der Waals surface area contributed by atoms with Crippen LogP contribution in [-0.4, -0.2) is 15.0 Å². The van der Waals surface area contributed by atoms with E-state index in [9.17, 15) is 0 Å². The van der Waals surface area contributed by atoms with Crippen LogP contribution in [0.25, 0.3) is 24.3 Å². The lowest BCUT2D eigenvalue weighted by Crippen LogP contribution is -2.02. The summed E-state index contributed by atoms with van der Waals surface area (Å²) in [4.78, 5) is 13.0. The summed E-state index contributed by atoms with van der Waals surface area (Å²) in [5.41, 5.74) is 6.37. The van der Waals surface area contributed by atoms with E-state index in [1.807, 2.05) is 60.7 Å². The highest BCUT2D eigenvalue weighted by Gasteiger charge is 2.03. The SMILES string of the molecule is C(=Cc1ccc(Nc2ncnc(Nc3ccc(C=Cc4ccccc4)cc3)n2)cc1)c1ccccc1. The molecule has 5 nitrogen and oxygen atoms in total. The van der Waals surface area contributed by atoms with Crippen LogP contribution in [0.15, 0.2) is 116 Å². The predicted octanol–water partition coefficient (Wildman–Crippen LogP) is 7.70. The minimum Gasteiger partial charge on any atom is -0.324 e. The molecule has 1 aromatic heterocycles. The maximum absolute atomic E-state index is 4.49. The van der Waals surface area contributed by atoms with E-state index in [1.165, 1.54) is 17.5 Å². The lowest BCUT2D eigenvalue weighted by atomic mass is 10.1. The van der Waals surface area contributed by atoms with Crippen molar-refractivity contribution in [3.05, 3.63) is 138 Å². The van der Waals surface area contributed by atoms with Crippen LogP contribution in [0, 0.1) is 0 Å². The third-order valence-corrected chi connectivity index (χ3v) is 5.44. The van der Waals surface area contributed by atoms with Crippen LogP contribution in [0.1, 0.15) is 22.3 Å². The molecule has 1 heterocycles. The van der Waals surface area contributed by atoms with Crippen molar-refractivity contribution in [2.75, 3.05) is 10.6 Å². The summed E-state index contributed by atoms with van der Waals surface area (Å²) in [6, 6.07) is 36.7. The number of anilines is 4. The van der Waals surface area contributed by atoms with E-state index in [-0.39, 0.29) is 0 Å². The van der Waals surface area contributed by atoms with Gasteiger partial charge in [-0.25, -0.2) is 9.97 Å². The van der Waals surface area contributed by atoms with Gasteiger partial charge in [0, 0.05) is 11.4 Å². The molecule has 0 bridgehead atoms. The van der Waals surface area contributed by atoms with Gasteiger partial charge in [0.05, 0.1) is 0 Å². The first-order valence-corrected chi connectivity index (χ1v) is 11.7. The molecule has 0 saturated heterocycles.